The number of rotatable bonds is 4. The van der Waals surface area contributed by atoms with Crippen molar-refractivity contribution >= 4 is 11.3 Å². The van der Waals surface area contributed by atoms with Crippen LogP contribution < -0.4 is 5.32 Å². The molecule has 0 saturated heterocycles. The van der Waals surface area contributed by atoms with Crippen LogP contribution in [0.15, 0.2) is 0 Å². The summed E-state index contributed by atoms with van der Waals surface area (Å²) < 4.78 is 0. The van der Waals surface area contributed by atoms with Crippen LogP contribution in [-0.2, 0) is 6.42 Å². The van der Waals surface area contributed by atoms with Crippen LogP contribution in [-0.4, -0.2) is 17.6 Å². The van der Waals surface area contributed by atoms with Crippen molar-refractivity contribution in [2.24, 2.45) is 0 Å². The van der Waals surface area contributed by atoms with Crippen LogP contribution >= 0.6 is 11.3 Å². The lowest BCUT2D eigenvalue weighted by Crippen LogP contribution is -2.19. The van der Waals surface area contributed by atoms with Crippen molar-refractivity contribution in [3.63, 3.8) is 0 Å². The largest absolute Gasteiger partial charge is 0.314 e. The van der Waals surface area contributed by atoms with Gasteiger partial charge in [0.2, 0.25) is 0 Å². The first-order chi connectivity index (χ1) is 6.25. The van der Waals surface area contributed by atoms with Crippen LogP contribution in [0.1, 0.15) is 28.4 Å². The Morgan fingerprint density at radius 2 is 2.23 bits per heavy atom. The smallest absolute Gasteiger partial charge is 0.0943 e. The van der Waals surface area contributed by atoms with Gasteiger partial charge in [0.05, 0.1) is 10.7 Å². The molecule has 2 nitrogen and oxygen atoms in total. The first-order valence-corrected chi connectivity index (χ1v) is 5.73. The Hall–Kier alpha value is -0.410. The molecule has 72 valence electrons. The number of hydrogen-bond acceptors (Lipinski definition) is 3. The average Bonchev–Trinajstić information content (AvgIpc) is 2.82. The third kappa shape index (κ3) is 2.51. The predicted octanol–water partition coefficient (Wildman–Crippen LogP) is 2.05. The summed E-state index contributed by atoms with van der Waals surface area (Å²) in [5, 5.41) is 4.78. The maximum Gasteiger partial charge on any atom is 0.0943 e. The van der Waals surface area contributed by atoms with Crippen LogP contribution in [0.3, 0.4) is 0 Å². The fraction of sp³-hybridized carbons (Fsp3) is 0.700. The second kappa shape index (κ2) is 3.76. The maximum absolute atomic E-state index is 4.51. The van der Waals surface area contributed by atoms with Crippen LogP contribution in [0.4, 0.5) is 0 Å². The van der Waals surface area contributed by atoms with E-state index in [9.17, 15) is 0 Å². The van der Waals surface area contributed by atoms with Crippen molar-refractivity contribution in [1.82, 2.24) is 10.3 Å². The molecule has 0 radical (unpaired) electrons. The van der Waals surface area contributed by atoms with Crippen molar-refractivity contribution in [2.45, 2.75) is 39.2 Å². The van der Waals surface area contributed by atoms with E-state index in [0.29, 0.717) is 0 Å². The average molecular weight is 196 g/mol. The quantitative estimate of drug-likeness (QED) is 0.797. The summed E-state index contributed by atoms with van der Waals surface area (Å²) in [6, 6.07) is 0.821. The molecule has 1 aliphatic carbocycles. The van der Waals surface area contributed by atoms with E-state index >= 15 is 0 Å². The summed E-state index contributed by atoms with van der Waals surface area (Å²) in [5.74, 6) is 0. The third-order valence-corrected chi connectivity index (χ3v) is 3.55. The van der Waals surface area contributed by atoms with Gasteiger partial charge in [-0.1, -0.05) is 0 Å². The monoisotopic (exact) mass is 196 g/mol. The topological polar surface area (TPSA) is 24.9 Å². The van der Waals surface area contributed by atoms with Crippen LogP contribution in [0.25, 0.3) is 0 Å². The van der Waals surface area contributed by atoms with Gasteiger partial charge in [0.15, 0.2) is 0 Å². The van der Waals surface area contributed by atoms with Gasteiger partial charge in [-0.3, -0.25) is 0 Å². The molecular weight excluding hydrogens is 180 g/mol. The predicted molar refractivity (Wildman–Crippen MR) is 56.3 cm³/mol. The van der Waals surface area contributed by atoms with Crippen molar-refractivity contribution in [2.75, 3.05) is 6.54 Å². The number of aryl methyl sites for hydroxylation is 2. The maximum atomic E-state index is 4.51. The van der Waals surface area contributed by atoms with Crippen LogP contribution in [0.5, 0.6) is 0 Å². The zero-order valence-electron chi connectivity index (χ0n) is 8.26. The molecule has 1 saturated carbocycles. The number of nitrogens with zero attached hydrogens (tertiary/aromatic N) is 1. The summed E-state index contributed by atoms with van der Waals surface area (Å²) in [6.07, 6.45) is 3.84. The molecule has 13 heavy (non-hydrogen) atoms. The number of aromatic nitrogens is 1. The first kappa shape index (κ1) is 9.16. The molecule has 1 N–H and O–H groups in total. The van der Waals surface area contributed by atoms with E-state index in [1.54, 1.807) is 0 Å². The van der Waals surface area contributed by atoms with E-state index in [-0.39, 0.29) is 0 Å². The Balaban J connectivity index is 1.79. The molecule has 2 rings (SSSR count). The number of thiazole rings is 1. The fourth-order valence-electron chi connectivity index (χ4n) is 1.32. The Morgan fingerprint density at radius 3 is 2.77 bits per heavy atom. The molecule has 1 fully saturated rings. The zero-order valence-corrected chi connectivity index (χ0v) is 9.08. The molecule has 3 heteroatoms. The van der Waals surface area contributed by atoms with Gasteiger partial charge in [-0.05, 0) is 26.7 Å². The van der Waals surface area contributed by atoms with E-state index in [0.717, 1.165) is 19.0 Å². The van der Waals surface area contributed by atoms with Crippen LogP contribution in [0, 0.1) is 13.8 Å². The minimum absolute atomic E-state index is 0.821. The molecule has 0 spiro atoms. The van der Waals surface area contributed by atoms with Crippen LogP contribution in [0.2, 0.25) is 0 Å². The van der Waals surface area contributed by atoms with Crippen molar-refractivity contribution < 1.29 is 0 Å². The lowest BCUT2D eigenvalue weighted by molar-refractivity contribution is 0.680. The molecule has 1 aromatic rings. The summed E-state index contributed by atoms with van der Waals surface area (Å²) in [6.45, 7) is 5.32. The van der Waals surface area contributed by atoms with Gasteiger partial charge in [-0.15, -0.1) is 11.3 Å². The van der Waals surface area contributed by atoms with Crippen molar-refractivity contribution in [3.8, 4) is 0 Å². The van der Waals surface area contributed by atoms with E-state index < -0.39 is 0 Å². The highest BCUT2D eigenvalue weighted by Gasteiger charge is 2.19. The molecular formula is C10H16N2S. The third-order valence-electron chi connectivity index (χ3n) is 2.42. The van der Waals surface area contributed by atoms with E-state index in [4.69, 9.17) is 0 Å². The Bertz CT molecular complexity index is 270. The van der Waals surface area contributed by atoms with Gasteiger partial charge in [0, 0.05) is 23.9 Å². The molecule has 0 amide bonds. The molecule has 1 heterocycles. The standard InChI is InChI=1S/C10H16N2S/c1-7-8(2)13-10(12-7)5-6-11-9-3-4-9/h9,11H,3-6H2,1-2H3. The normalized spacial score (nSPS) is 16.5. The Morgan fingerprint density at radius 1 is 1.46 bits per heavy atom. The summed E-state index contributed by atoms with van der Waals surface area (Å²) in [4.78, 5) is 5.87. The second-order valence-corrected chi connectivity index (χ2v) is 5.02. The fourth-order valence-corrected chi connectivity index (χ4v) is 2.25. The molecule has 1 aliphatic rings. The first-order valence-electron chi connectivity index (χ1n) is 4.92. The molecule has 0 bridgehead atoms. The lowest BCUT2D eigenvalue weighted by Gasteiger charge is -1.98. The summed E-state index contributed by atoms with van der Waals surface area (Å²) in [5.41, 5.74) is 1.20. The molecule has 0 unspecified atom stereocenters. The molecule has 0 aliphatic heterocycles. The van der Waals surface area contributed by atoms with Gasteiger partial charge in [0.25, 0.3) is 0 Å². The van der Waals surface area contributed by atoms with Gasteiger partial charge >= 0.3 is 0 Å². The minimum atomic E-state index is 0.821. The highest BCUT2D eigenvalue weighted by molar-refractivity contribution is 7.11. The van der Waals surface area contributed by atoms with Gasteiger partial charge in [0.1, 0.15) is 0 Å². The zero-order chi connectivity index (χ0) is 9.26. The minimum Gasteiger partial charge on any atom is -0.314 e. The van der Waals surface area contributed by atoms with E-state index in [1.165, 1.54) is 28.4 Å². The Kier molecular flexibility index (Phi) is 2.65. The number of nitrogens with one attached hydrogen (secondary N) is 1. The molecule has 1 aromatic heterocycles. The van der Waals surface area contributed by atoms with Crippen molar-refractivity contribution in [3.05, 3.63) is 15.6 Å². The SMILES string of the molecule is Cc1nc(CCNC2CC2)sc1C. The van der Waals surface area contributed by atoms with E-state index in [1.807, 2.05) is 11.3 Å². The van der Waals surface area contributed by atoms with Gasteiger partial charge in [-0.2, -0.15) is 0 Å². The highest BCUT2D eigenvalue weighted by atomic mass is 32.1. The summed E-state index contributed by atoms with van der Waals surface area (Å²) >= 11 is 1.84. The Labute approximate surface area is 83.4 Å². The lowest BCUT2D eigenvalue weighted by atomic mass is 10.4. The second-order valence-electron chi connectivity index (χ2n) is 3.73. The number of hydrogen-bond donors (Lipinski definition) is 1. The molecule has 0 aromatic carbocycles. The summed E-state index contributed by atoms with van der Waals surface area (Å²) in [7, 11) is 0. The van der Waals surface area contributed by atoms with E-state index in [2.05, 4.69) is 24.1 Å². The van der Waals surface area contributed by atoms with Gasteiger partial charge < -0.3 is 5.32 Å². The highest BCUT2D eigenvalue weighted by Crippen LogP contribution is 2.19. The van der Waals surface area contributed by atoms with Gasteiger partial charge in [-0.25, -0.2) is 4.98 Å². The van der Waals surface area contributed by atoms with Crippen molar-refractivity contribution in [1.29, 1.82) is 0 Å². The molecule has 0 atom stereocenters.